The number of carbonyl (C=O) groups is 1. The van der Waals surface area contributed by atoms with Crippen LogP contribution in [0, 0.1) is 20.8 Å². The van der Waals surface area contributed by atoms with Crippen molar-refractivity contribution in [3.63, 3.8) is 0 Å². The van der Waals surface area contributed by atoms with Gasteiger partial charge in [0.2, 0.25) is 11.8 Å². The second-order valence-electron chi connectivity index (χ2n) is 6.51. The number of benzene rings is 2. The Morgan fingerprint density at radius 3 is 2.44 bits per heavy atom. The molecule has 0 saturated heterocycles. The summed E-state index contributed by atoms with van der Waals surface area (Å²) in [6, 6.07) is 14.4. The maximum atomic E-state index is 12.1. The van der Waals surface area contributed by atoms with E-state index in [2.05, 4.69) is 47.5 Å². The summed E-state index contributed by atoms with van der Waals surface area (Å²) in [7, 11) is 0. The summed E-state index contributed by atoms with van der Waals surface area (Å²) in [5, 5.41) is 6.67. The van der Waals surface area contributed by atoms with Crippen LogP contribution in [0.5, 0.6) is 0 Å². The van der Waals surface area contributed by atoms with Gasteiger partial charge >= 0.3 is 0 Å². The summed E-state index contributed by atoms with van der Waals surface area (Å²) in [4.78, 5) is 18.6. The van der Waals surface area contributed by atoms with Gasteiger partial charge in [0.05, 0.1) is 0 Å². The molecular weight excluding hydrogens is 358 g/mol. The summed E-state index contributed by atoms with van der Waals surface area (Å²) in [6.45, 7) is 6.02. The van der Waals surface area contributed by atoms with Crippen LogP contribution in [-0.2, 0) is 11.2 Å². The molecule has 6 heteroatoms. The highest BCUT2D eigenvalue weighted by molar-refractivity contribution is 7.99. The van der Waals surface area contributed by atoms with Crippen LogP contribution in [0.15, 0.2) is 56.8 Å². The van der Waals surface area contributed by atoms with Gasteiger partial charge in [-0.1, -0.05) is 23.0 Å². The molecule has 1 aromatic heterocycles. The summed E-state index contributed by atoms with van der Waals surface area (Å²) in [6.07, 6.45) is 1.70. The topological polar surface area (TPSA) is 68.0 Å². The van der Waals surface area contributed by atoms with E-state index in [1.165, 1.54) is 16.0 Å². The molecule has 0 aliphatic carbocycles. The van der Waals surface area contributed by atoms with Crippen molar-refractivity contribution in [2.45, 2.75) is 49.8 Å². The number of nitrogens with one attached hydrogen (secondary N) is 1. The molecule has 0 aliphatic rings. The van der Waals surface area contributed by atoms with Crippen molar-refractivity contribution in [2.75, 3.05) is 5.32 Å². The minimum atomic E-state index is -0.0131. The molecule has 0 radical (unpaired) electrons. The molecule has 2 aromatic carbocycles. The van der Waals surface area contributed by atoms with E-state index in [1.54, 1.807) is 18.7 Å². The first-order valence-electron chi connectivity index (χ1n) is 8.94. The van der Waals surface area contributed by atoms with Crippen molar-refractivity contribution in [3.8, 4) is 0 Å². The summed E-state index contributed by atoms with van der Waals surface area (Å²) in [5.41, 5.74) is 3.39. The molecule has 0 fully saturated rings. The highest BCUT2D eigenvalue weighted by atomic mass is 32.2. The minimum absolute atomic E-state index is 0.0131. The Bertz CT molecular complexity index is 919. The number of amides is 1. The third kappa shape index (κ3) is 5.69. The van der Waals surface area contributed by atoms with Gasteiger partial charge in [-0.05, 0) is 74.7 Å². The largest absolute Gasteiger partial charge is 0.339 e. The van der Waals surface area contributed by atoms with Crippen LogP contribution in [0.4, 0.5) is 5.69 Å². The quantitative estimate of drug-likeness (QED) is 0.616. The molecule has 27 heavy (non-hydrogen) atoms. The van der Waals surface area contributed by atoms with Gasteiger partial charge in [-0.15, -0.1) is 0 Å². The highest BCUT2D eigenvalue weighted by Gasteiger charge is 2.07. The Morgan fingerprint density at radius 2 is 1.78 bits per heavy atom. The van der Waals surface area contributed by atoms with Crippen LogP contribution in [0.3, 0.4) is 0 Å². The Kier molecular flexibility index (Phi) is 6.29. The number of hydrogen-bond donors (Lipinski definition) is 1. The van der Waals surface area contributed by atoms with E-state index < -0.39 is 0 Å². The lowest BCUT2D eigenvalue weighted by Crippen LogP contribution is -2.11. The minimum Gasteiger partial charge on any atom is -0.339 e. The highest BCUT2D eigenvalue weighted by Crippen LogP contribution is 2.29. The van der Waals surface area contributed by atoms with E-state index in [0.29, 0.717) is 31.0 Å². The molecule has 0 atom stereocenters. The van der Waals surface area contributed by atoms with Crippen molar-refractivity contribution < 1.29 is 9.32 Å². The SMILES string of the molecule is Cc1noc(CCCC(=O)Nc2ccc(Sc3ccc(C)c(C)c3)cc2)n1. The van der Waals surface area contributed by atoms with Crippen molar-refractivity contribution in [3.05, 3.63) is 65.3 Å². The van der Waals surface area contributed by atoms with Crippen LogP contribution in [0.25, 0.3) is 0 Å². The molecule has 0 spiro atoms. The van der Waals surface area contributed by atoms with Crippen molar-refractivity contribution in [1.29, 1.82) is 0 Å². The molecule has 1 amide bonds. The number of anilines is 1. The number of aromatic nitrogens is 2. The maximum Gasteiger partial charge on any atom is 0.226 e. The molecule has 0 unspecified atom stereocenters. The fraction of sp³-hybridized carbons (Fsp3) is 0.286. The summed E-state index contributed by atoms with van der Waals surface area (Å²) < 4.78 is 5.05. The predicted octanol–water partition coefficient (Wildman–Crippen LogP) is 5.11. The molecule has 5 nitrogen and oxygen atoms in total. The predicted molar refractivity (Wildman–Crippen MR) is 107 cm³/mol. The van der Waals surface area contributed by atoms with E-state index in [-0.39, 0.29) is 5.91 Å². The van der Waals surface area contributed by atoms with E-state index in [4.69, 9.17) is 4.52 Å². The second kappa shape index (κ2) is 8.86. The van der Waals surface area contributed by atoms with Crippen LogP contribution in [0.1, 0.15) is 35.7 Å². The lowest BCUT2D eigenvalue weighted by Gasteiger charge is -2.07. The van der Waals surface area contributed by atoms with Crippen molar-refractivity contribution >= 4 is 23.4 Å². The molecule has 1 N–H and O–H groups in total. The van der Waals surface area contributed by atoms with Crippen LogP contribution >= 0.6 is 11.8 Å². The normalized spacial score (nSPS) is 10.8. The maximum absolute atomic E-state index is 12.1. The van der Waals surface area contributed by atoms with Gasteiger partial charge in [0, 0.05) is 28.3 Å². The monoisotopic (exact) mass is 381 g/mol. The van der Waals surface area contributed by atoms with Gasteiger partial charge in [0.15, 0.2) is 5.82 Å². The standard InChI is InChI=1S/C21H23N3O2S/c1-14-7-10-19(13-15(14)2)27-18-11-8-17(9-12-18)23-20(25)5-4-6-21-22-16(3)24-26-21/h7-13H,4-6H2,1-3H3,(H,23,25). The van der Waals surface area contributed by atoms with Crippen LogP contribution in [0.2, 0.25) is 0 Å². The molecule has 3 rings (SSSR count). The van der Waals surface area contributed by atoms with Gasteiger partial charge < -0.3 is 9.84 Å². The van der Waals surface area contributed by atoms with E-state index >= 15 is 0 Å². The smallest absolute Gasteiger partial charge is 0.226 e. The zero-order valence-electron chi connectivity index (χ0n) is 15.8. The first-order chi connectivity index (χ1) is 13.0. The van der Waals surface area contributed by atoms with Gasteiger partial charge in [-0.2, -0.15) is 4.98 Å². The lowest BCUT2D eigenvalue weighted by atomic mass is 10.1. The second-order valence-corrected chi connectivity index (χ2v) is 7.66. The summed E-state index contributed by atoms with van der Waals surface area (Å²) in [5.74, 6) is 1.18. The van der Waals surface area contributed by atoms with E-state index in [0.717, 1.165) is 10.6 Å². The zero-order chi connectivity index (χ0) is 19.2. The van der Waals surface area contributed by atoms with Crippen LogP contribution < -0.4 is 5.32 Å². The fourth-order valence-electron chi connectivity index (χ4n) is 2.59. The van der Waals surface area contributed by atoms with Crippen molar-refractivity contribution in [2.24, 2.45) is 0 Å². The van der Waals surface area contributed by atoms with Gasteiger partial charge in [-0.3, -0.25) is 4.79 Å². The number of aryl methyl sites for hydroxylation is 4. The Hall–Kier alpha value is -2.60. The van der Waals surface area contributed by atoms with Crippen molar-refractivity contribution in [1.82, 2.24) is 10.1 Å². The van der Waals surface area contributed by atoms with Gasteiger partial charge in [0.25, 0.3) is 0 Å². The van der Waals surface area contributed by atoms with Gasteiger partial charge in [0.1, 0.15) is 0 Å². The average molecular weight is 382 g/mol. The van der Waals surface area contributed by atoms with Crippen LogP contribution in [-0.4, -0.2) is 16.0 Å². The van der Waals surface area contributed by atoms with E-state index in [1.807, 2.05) is 24.3 Å². The van der Waals surface area contributed by atoms with E-state index in [9.17, 15) is 4.79 Å². The first kappa shape index (κ1) is 19.2. The molecule has 0 aliphatic heterocycles. The first-order valence-corrected chi connectivity index (χ1v) is 9.75. The fourth-order valence-corrected chi connectivity index (χ4v) is 3.50. The Balaban J connectivity index is 1.47. The molecular formula is C21H23N3O2S. The molecule has 140 valence electrons. The zero-order valence-corrected chi connectivity index (χ0v) is 16.6. The molecule has 1 heterocycles. The Morgan fingerprint density at radius 1 is 1.04 bits per heavy atom. The average Bonchev–Trinajstić information content (AvgIpc) is 3.05. The lowest BCUT2D eigenvalue weighted by molar-refractivity contribution is -0.116. The Labute approximate surface area is 163 Å². The number of rotatable bonds is 7. The third-order valence-corrected chi connectivity index (χ3v) is 5.21. The molecule has 3 aromatic rings. The number of hydrogen-bond acceptors (Lipinski definition) is 5. The third-order valence-electron chi connectivity index (χ3n) is 4.22. The molecule has 0 saturated carbocycles. The van der Waals surface area contributed by atoms with Gasteiger partial charge in [-0.25, -0.2) is 0 Å². The number of nitrogens with zero attached hydrogens (tertiary/aromatic N) is 2. The number of carbonyl (C=O) groups excluding carboxylic acids is 1. The summed E-state index contributed by atoms with van der Waals surface area (Å²) >= 11 is 1.72. The molecule has 0 bridgehead atoms.